The quantitative estimate of drug-likeness (QED) is 0.616. The van der Waals surface area contributed by atoms with Crippen molar-refractivity contribution in [1.29, 1.82) is 0 Å². The van der Waals surface area contributed by atoms with E-state index in [0.29, 0.717) is 5.56 Å². The number of aromatic nitrogens is 2. The summed E-state index contributed by atoms with van der Waals surface area (Å²) in [5.74, 6) is 0.222. The Bertz CT molecular complexity index is 244. The molecule has 0 saturated heterocycles. The van der Waals surface area contributed by atoms with E-state index in [4.69, 9.17) is 22.4 Å². The first-order chi connectivity index (χ1) is 5.13. The van der Waals surface area contributed by atoms with Crippen LogP contribution in [0.3, 0.4) is 0 Å². The Labute approximate surface area is 69.0 Å². The summed E-state index contributed by atoms with van der Waals surface area (Å²) in [6.07, 6.45) is 0.521. The van der Waals surface area contributed by atoms with Gasteiger partial charge in [-0.25, -0.2) is 9.97 Å². The second-order valence-corrected chi connectivity index (χ2v) is 2.50. The summed E-state index contributed by atoms with van der Waals surface area (Å²) < 4.78 is 0. The van der Waals surface area contributed by atoms with Crippen molar-refractivity contribution in [3.8, 4) is 0 Å². The maximum atomic E-state index is 9.14. The van der Waals surface area contributed by atoms with Gasteiger partial charge in [0.1, 0.15) is 17.3 Å². The van der Waals surface area contributed by atoms with Crippen LogP contribution >= 0.6 is 11.6 Å². The van der Waals surface area contributed by atoms with Crippen LogP contribution in [-0.2, 0) is 0 Å². The van der Waals surface area contributed by atoms with E-state index in [1.165, 1.54) is 6.33 Å². The number of rotatable bonds is 1. The van der Waals surface area contributed by atoms with Gasteiger partial charge in [0.2, 0.25) is 0 Å². The Morgan fingerprint density at radius 3 is 2.64 bits per heavy atom. The van der Waals surface area contributed by atoms with Gasteiger partial charge < -0.3 is 10.8 Å². The molecule has 3 N–H and O–H groups in total. The van der Waals surface area contributed by atoms with Crippen molar-refractivity contribution in [2.45, 2.75) is 13.0 Å². The fraction of sp³-hybridized carbons (Fsp3) is 0.333. The zero-order valence-corrected chi connectivity index (χ0v) is 6.71. The molecule has 5 heteroatoms. The van der Waals surface area contributed by atoms with Crippen molar-refractivity contribution in [2.24, 2.45) is 0 Å². The maximum absolute atomic E-state index is 9.14. The minimum atomic E-state index is -0.733. The van der Waals surface area contributed by atoms with Crippen LogP contribution < -0.4 is 5.73 Å². The number of aliphatic hydroxyl groups is 1. The van der Waals surface area contributed by atoms with Crippen LogP contribution in [0.2, 0.25) is 5.15 Å². The lowest BCUT2D eigenvalue weighted by molar-refractivity contribution is 0.199. The molecule has 1 unspecified atom stereocenters. The third-order valence-corrected chi connectivity index (χ3v) is 1.59. The number of nitrogens with two attached hydrogens (primary N) is 1. The zero-order chi connectivity index (χ0) is 8.43. The van der Waals surface area contributed by atoms with Gasteiger partial charge in [0.05, 0.1) is 11.7 Å². The van der Waals surface area contributed by atoms with Crippen molar-refractivity contribution in [2.75, 3.05) is 5.73 Å². The molecule has 4 nitrogen and oxygen atoms in total. The summed E-state index contributed by atoms with van der Waals surface area (Å²) in [5.41, 5.74) is 5.81. The first-order valence-electron chi connectivity index (χ1n) is 3.07. The average Bonchev–Trinajstić information content (AvgIpc) is 1.85. The van der Waals surface area contributed by atoms with Gasteiger partial charge in [-0.1, -0.05) is 11.6 Å². The van der Waals surface area contributed by atoms with Gasteiger partial charge in [0, 0.05) is 0 Å². The SMILES string of the molecule is CC(O)c1c(N)ncnc1Cl. The maximum Gasteiger partial charge on any atom is 0.140 e. The topological polar surface area (TPSA) is 72.0 Å². The van der Waals surface area contributed by atoms with Crippen LogP contribution in [0.25, 0.3) is 0 Å². The van der Waals surface area contributed by atoms with E-state index in [-0.39, 0.29) is 11.0 Å². The molecule has 0 aliphatic heterocycles. The van der Waals surface area contributed by atoms with Gasteiger partial charge in [-0.2, -0.15) is 0 Å². The molecule has 0 spiro atoms. The Kier molecular flexibility index (Phi) is 2.26. The minimum absolute atomic E-state index is 0.201. The number of anilines is 1. The molecule has 1 rings (SSSR count). The lowest BCUT2D eigenvalue weighted by Crippen LogP contribution is -2.03. The molecule has 60 valence electrons. The lowest BCUT2D eigenvalue weighted by atomic mass is 10.2. The Balaban J connectivity index is 3.21. The fourth-order valence-corrected chi connectivity index (χ4v) is 1.07. The summed E-state index contributed by atoms with van der Waals surface area (Å²) >= 11 is 5.63. The molecule has 1 heterocycles. The average molecular weight is 174 g/mol. The third kappa shape index (κ3) is 1.58. The van der Waals surface area contributed by atoms with Crippen molar-refractivity contribution >= 4 is 17.4 Å². The van der Waals surface area contributed by atoms with Crippen LogP contribution in [0, 0.1) is 0 Å². The molecule has 1 atom stereocenters. The number of aliphatic hydroxyl groups excluding tert-OH is 1. The second kappa shape index (κ2) is 3.02. The third-order valence-electron chi connectivity index (χ3n) is 1.28. The molecular weight excluding hydrogens is 166 g/mol. The molecule has 0 bridgehead atoms. The zero-order valence-electron chi connectivity index (χ0n) is 5.95. The van der Waals surface area contributed by atoms with Crippen LogP contribution in [0.15, 0.2) is 6.33 Å². The first-order valence-corrected chi connectivity index (χ1v) is 3.44. The monoisotopic (exact) mass is 173 g/mol. The Morgan fingerprint density at radius 1 is 1.64 bits per heavy atom. The molecule has 11 heavy (non-hydrogen) atoms. The van der Waals surface area contributed by atoms with Crippen molar-refractivity contribution in [3.63, 3.8) is 0 Å². The molecule has 0 fully saturated rings. The van der Waals surface area contributed by atoms with Crippen molar-refractivity contribution < 1.29 is 5.11 Å². The molecule has 1 aromatic heterocycles. The van der Waals surface area contributed by atoms with E-state index in [0.717, 1.165) is 0 Å². The van der Waals surface area contributed by atoms with Gasteiger partial charge in [0.15, 0.2) is 0 Å². The summed E-state index contributed by atoms with van der Waals surface area (Å²) in [6, 6.07) is 0. The van der Waals surface area contributed by atoms with Gasteiger partial charge in [-0.05, 0) is 6.92 Å². The standard InChI is InChI=1S/C6H8ClN3O/c1-3(11)4-5(7)9-2-10-6(4)8/h2-3,11H,1H3,(H2,8,9,10). The van der Waals surface area contributed by atoms with Gasteiger partial charge in [-0.15, -0.1) is 0 Å². The molecule has 0 aromatic carbocycles. The van der Waals surface area contributed by atoms with Gasteiger partial charge in [0.25, 0.3) is 0 Å². The molecule has 0 saturated carbocycles. The van der Waals surface area contributed by atoms with Crippen LogP contribution in [0.1, 0.15) is 18.6 Å². The largest absolute Gasteiger partial charge is 0.388 e. The first kappa shape index (κ1) is 8.23. The molecular formula is C6H8ClN3O. The van der Waals surface area contributed by atoms with Crippen LogP contribution in [0.4, 0.5) is 5.82 Å². The summed E-state index contributed by atoms with van der Waals surface area (Å²) in [7, 11) is 0. The predicted molar refractivity (Wildman–Crippen MR) is 42.1 cm³/mol. The number of hydrogen-bond donors (Lipinski definition) is 2. The molecule has 0 amide bonds. The second-order valence-electron chi connectivity index (χ2n) is 2.14. The molecule has 0 aliphatic rings. The minimum Gasteiger partial charge on any atom is -0.388 e. The smallest absolute Gasteiger partial charge is 0.140 e. The van der Waals surface area contributed by atoms with E-state index in [9.17, 15) is 0 Å². The highest BCUT2D eigenvalue weighted by Crippen LogP contribution is 2.23. The fourth-order valence-electron chi connectivity index (χ4n) is 0.773. The van der Waals surface area contributed by atoms with E-state index in [1.807, 2.05) is 0 Å². The Hall–Kier alpha value is -0.870. The number of nitrogen functional groups attached to an aromatic ring is 1. The molecule has 1 aromatic rings. The van der Waals surface area contributed by atoms with E-state index in [2.05, 4.69) is 9.97 Å². The highest BCUT2D eigenvalue weighted by molar-refractivity contribution is 6.30. The van der Waals surface area contributed by atoms with Crippen LogP contribution in [-0.4, -0.2) is 15.1 Å². The van der Waals surface area contributed by atoms with Crippen molar-refractivity contribution in [3.05, 3.63) is 17.0 Å². The van der Waals surface area contributed by atoms with Gasteiger partial charge >= 0.3 is 0 Å². The highest BCUT2D eigenvalue weighted by Gasteiger charge is 2.11. The Morgan fingerprint density at radius 2 is 2.27 bits per heavy atom. The summed E-state index contributed by atoms with van der Waals surface area (Å²) in [4.78, 5) is 7.36. The van der Waals surface area contributed by atoms with Gasteiger partial charge in [-0.3, -0.25) is 0 Å². The highest BCUT2D eigenvalue weighted by atomic mass is 35.5. The van der Waals surface area contributed by atoms with E-state index < -0.39 is 6.10 Å². The normalized spacial score (nSPS) is 13.0. The van der Waals surface area contributed by atoms with E-state index in [1.54, 1.807) is 6.92 Å². The number of hydrogen-bond acceptors (Lipinski definition) is 4. The summed E-state index contributed by atoms with van der Waals surface area (Å²) in [5, 5.41) is 9.34. The van der Waals surface area contributed by atoms with Crippen LogP contribution in [0.5, 0.6) is 0 Å². The number of halogens is 1. The van der Waals surface area contributed by atoms with Crippen molar-refractivity contribution in [1.82, 2.24) is 9.97 Å². The molecule has 0 aliphatic carbocycles. The summed E-state index contributed by atoms with van der Waals surface area (Å²) in [6.45, 7) is 1.56. The number of nitrogens with zero attached hydrogens (tertiary/aromatic N) is 2. The lowest BCUT2D eigenvalue weighted by Gasteiger charge is -2.07. The predicted octanol–water partition coefficient (Wildman–Crippen LogP) is 0.766. The molecule has 0 radical (unpaired) electrons. The van der Waals surface area contributed by atoms with E-state index >= 15 is 0 Å².